The van der Waals surface area contributed by atoms with Crippen LogP contribution in [0.25, 0.3) is 0 Å². The minimum Gasteiger partial charge on any atom is -0.414 e. The average Bonchev–Trinajstić information content (AvgIpc) is 2.94. The number of aliphatic hydroxyl groups excluding tert-OH is 1. The van der Waals surface area contributed by atoms with Gasteiger partial charge in [-0.05, 0) is 43.5 Å². The van der Waals surface area contributed by atoms with Crippen molar-refractivity contribution in [2.24, 2.45) is 0 Å². The van der Waals surface area contributed by atoms with Crippen molar-refractivity contribution in [3.05, 3.63) is 35.9 Å². The number of thiocarbonyl (C=S) groups is 1. The summed E-state index contributed by atoms with van der Waals surface area (Å²) in [6, 6.07) is 10.2. The second kappa shape index (κ2) is 10.0. The van der Waals surface area contributed by atoms with Crippen LogP contribution in [0.1, 0.15) is 46.1 Å². The highest BCUT2D eigenvalue weighted by Gasteiger charge is 2.39. The first-order valence-corrected chi connectivity index (χ1v) is 14.6. The zero-order chi connectivity index (χ0) is 21.8. The molecule has 3 atom stereocenters. The van der Waals surface area contributed by atoms with Gasteiger partial charge in [0.1, 0.15) is 4.32 Å². The topological polar surface area (TPSA) is 49.8 Å². The minimum atomic E-state index is -1.90. The molecule has 162 valence electrons. The number of carbonyl (C=O) groups is 1. The molecule has 0 saturated carbocycles. The Balaban J connectivity index is 1.92. The number of benzene rings is 1. The normalized spacial score (nSPS) is 20.0. The largest absolute Gasteiger partial charge is 0.414 e. The third kappa shape index (κ3) is 6.89. The second-order valence-corrected chi connectivity index (χ2v) is 15.9. The lowest BCUT2D eigenvalue weighted by Crippen LogP contribution is -2.44. The predicted molar refractivity (Wildman–Crippen MR) is 129 cm³/mol. The van der Waals surface area contributed by atoms with Crippen LogP contribution < -0.4 is 0 Å². The molecule has 0 radical (unpaired) electrons. The molecule has 0 aromatic heterocycles. The molecular formula is C22H35NO3S2Si. The number of carbonyl (C=O) groups excluding carboxylic acids is 1. The maximum absolute atomic E-state index is 12.9. The van der Waals surface area contributed by atoms with Crippen molar-refractivity contribution in [3.8, 4) is 0 Å². The third-order valence-electron chi connectivity index (χ3n) is 5.86. The molecule has 1 aliphatic rings. The zero-order valence-corrected chi connectivity index (χ0v) is 21.1. The summed E-state index contributed by atoms with van der Waals surface area (Å²) in [7, 11) is -1.90. The average molecular weight is 454 g/mol. The van der Waals surface area contributed by atoms with Crippen molar-refractivity contribution >= 4 is 42.5 Å². The second-order valence-electron chi connectivity index (χ2n) is 9.47. The van der Waals surface area contributed by atoms with Gasteiger partial charge in [-0.1, -0.05) is 75.1 Å². The third-order valence-corrected chi connectivity index (χ3v) is 12.0. The van der Waals surface area contributed by atoms with E-state index >= 15 is 0 Å². The number of amides is 1. The van der Waals surface area contributed by atoms with Gasteiger partial charge in [0.15, 0.2) is 8.32 Å². The van der Waals surface area contributed by atoms with Crippen LogP contribution in [0.5, 0.6) is 0 Å². The Morgan fingerprint density at radius 3 is 2.55 bits per heavy atom. The molecule has 1 aromatic rings. The molecule has 7 heteroatoms. The van der Waals surface area contributed by atoms with Gasteiger partial charge in [0.2, 0.25) is 5.91 Å². The lowest BCUT2D eigenvalue weighted by molar-refractivity contribution is -0.130. The van der Waals surface area contributed by atoms with Crippen LogP contribution in [0, 0.1) is 0 Å². The summed E-state index contributed by atoms with van der Waals surface area (Å²) in [4.78, 5) is 14.6. The number of nitrogens with zero attached hydrogens (tertiary/aromatic N) is 1. The Kier molecular flexibility index (Phi) is 8.50. The van der Waals surface area contributed by atoms with Crippen molar-refractivity contribution in [1.82, 2.24) is 4.90 Å². The standard InChI is InChI=1S/C22H35NO3S2Si/c1-16(26-29(5,6)22(2,3)4)12-19(24)14-20(25)23-18(15-28-21(23)27)13-17-10-8-7-9-11-17/h7-11,16,18-19,24H,12-15H2,1-6H3/t16-,18-,19+/m1/s1. The van der Waals surface area contributed by atoms with Crippen LogP contribution in [0.4, 0.5) is 0 Å². The molecule has 0 aliphatic carbocycles. The van der Waals surface area contributed by atoms with E-state index in [2.05, 4.69) is 46.0 Å². The van der Waals surface area contributed by atoms with Crippen molar-refractivity contribution < 1.29 is 14.3 Å². The van der Waals surface area contributed by atoms with Crippen molar-refractivity contribution in [2.75, 3.05) is 5.75 Å². The fourth-order valence-corrected chi connectivity index (χ4v) is 6.20. The first kappa shape index (κ1) is 24.5. The summed E-state index contributed by atoms with van der Waals surface area (Å²) < 4.78 is 6.94. The van der Waals surface area contributed by atoms with E-state index in [4.69, 9.17) is 16.6 Å². The summed E-state index contributed by atoms with van der Waals surface area (Å²) in [5.74, 6) is 0.716. The molecule has 1 fully saturated rings. The SMILES string of the molecule is C[C@H](C[C@H](O)CC(=O)N1C(=S)SC[C@H]1Cc1ccccc1)O[Si](C)(C)C(C)(C)C. The van der Waals surface area contributed by atoms with Crippen molar-refractivity contribution in [1.29, 1.82) is 0 Å². The highest BCUT2D eigenvalue weighted by atomic mass is 32.2. The number of hydrogen-bond acceptors (Lipinski definition) is 5. The molecule has 0 unspecified atom stereocenters. The van der Waals surface area contributed by atoms with Gasteiger partial charge in [-0.15, -0.1) is 0 Å². The molecule has 1 aromatic carbocycles. The molecule has 0 bridgehead atoms. The van der Waals surface area contributed by atoms with Gasteiger partial charge in [0, 0.05) is 11.9 Å². The molecule has 1 N–H and O–H groups in total. The van der Waals surface area contributed by atoms with Gasteiger partial charge in [0.25, 0.3) is 0 Å². The number of aliphatic hydroxyl groups is 1. The lowest BCUT2D eigenvalue weighted by Gasteiger charge is -2.38. The summed E-state index contributed by atoms with van der Waals surface area (Å²) in [5, 5.41) is 10.7. The van der Waals surface area contributed by atoms with Crippen molar-refractivity contribution in [3.63, 3.8) is 0 Å². The molecule has 1 aliphatic heterocycles. The minimum absolute atomic E-state index is 0.0514. The lowest BCUT2D eigenvalue weighted by atomic mass is 10.0. The monoisotopic (exact) mass is 453 g/mol. The predicted octanol–water partition coefficient (Wildman–Crippen LogP) is 5.01. The molecule has 0 spiro atoms. The number of hydrogen-bond donors (Lipinski definition) is 1. The number of rotatable bonds is 8. The van der Waals surface area contributed by atoms with E-state index in [1.165, 1.54) is 5.56 Å². The Morgan fingerprint density at radius 1 is 1.34 bits per heavy atom. The first-order valence-electron chi connectivity index (χ1n) is 10.3. The highest BCUT2D eigenvalue weighted by Crippen LogP contribution is 2.37. The van der Waals surface area contributed by atoms with Crippen LogP contribution in [0.15, 0.2) is 30.3 Å². The summed E-state index contributed by atoms with van der Waals surface area (Å²) >= 11 is 6.98. The molecule has 1 amide bonds. The Bertz CT molecular complexity index is 706. The van der Waals surface area contributed by atoms with E-state index < -0.39 is 14.4 Å². The van der Waals surface area contributed by atoms with Gasteiger partial charge >= 0.3 is 0 Å². The van der Waals surface area contributed by atoms with E-state index in [-0.39, 0.29) is 29.5 Å². The molecule has 4 nitrogen and oxygen atoms in total. The smallest absolute Gasteiger partial charge is 0.230 e. The van der Waals surface area contributed by atoms with Crippen LogP contribution in [-0.2, 0) is 15.6 Å². The van der Waals surface area contributed by atoms with E-state index in [1.54, 1.807) is 16.7 Å². The zero-order valence-electron chi connectivity index (χ0n) is 18.5. The Hall–Kier alpha value is -0.733. The molecular weight excluding hydrogens is 418 g/mol. The van der Waals surface area contributed by atoms with Crippen LogP contribution in [-0.4, -0.2) is 52.6 Å². The van der Waals surface area contributed by atoms with E-state index in [0.717, 1.165) is 12.2 Å². The van der Waals surface area contributed by atoms with E-state index in [0.29, 0.717) is 10.7 Å². The number of thioether (sulfide) groups is 1. The Morgan fingerprint density at radius 2 is 1.97 bits per heavy atom. The molecule has 29 heavy (non-hydrogen) atoms. The molecule has 1 heterocycles. The fourth-order valence-electron chi connectivity index (χ4n) is 3.30. The van der Waals surface area contributed by atoms with Crippen LogP contribution in [0.3, 0.4) is 0 Å². The van der Waals surface area contributed by atoms with E-state index in [1.807, 2.05) is 25.1 Å². The van der Waals surface area contributed by atoms with Gasteiger partial charge in [-0.25, -0.2) is 0 Å². The maximum atomic E-state index is 12.9. The van der Waals surface area contributed by atoms with Crippen molar-refractivity contribution in [2.45, 2.75) is 83.3 Å². The van der Waals surface area contributed by atoms with Gasteiger partial charge in [0.05, 0.1) is 18.6 Å². The maximum Gasteiger partial charge on any atom is 0.230 e. The fraction of sp³-hybridized carbons (Fsp3) is 0.636. The van der Waals surface area contributed by atoms with Crippen LogP contribution in [0.2, 0.25) is 18.1 Å². The first-order chi connectivity index (χ1) is 13.4. The summed E-state index contributed by atoms with van der Waals surface area (Å²) in [5.41, 5.74) is 1.19. The highest BCUT2D eigenvalue weighted by molar-refractivity contribution is 8.23. The van der Waals surface area contributed by atoms with Crippen LogP contribution >= 0.6 is 24.0 Å². The molecule has 1 saturated heterocycles. The molecule has 2 rings (SSSR count). The van der Waals surface area contributed by atoms with E-state index in [9.17, 15) is 9.90 Å². The quantitative estimate of drug-likeness (QED) is 0.443. The van der Waals surface area contributed by atoms with Gasteiger partial charge in [-0.3, -0.25) is 9.69 Å². The van der Waals surface area contributed by atoms with Gasteiger partial charge < -0.3 is 9.53 Å². The summed E-state index contributed by atoms with van der Waals surface area (Å²) in [6.45, 7) is 13.0. The Labute approximate surface area is 186 Å². The summed E-state index contributed by atoms with van der Waals surface area (Å²) in [6.07, 6.45) is 0.500. The van der Waals surface area contributed by atoms with Gasteiger partial charge in [-0.2, -0.15) is 0 Å².